The minimum atomic E-state index is -0.651. The summed E-state index contributed by atoms with van der Waals surface area (Å²) in [6.07, 6.45) is 4.10. The highest BCUT2D eigenvalue weighted by atomic mass is 16.5. The molecule has 1 aliphatic carbocycles. The van der Waals surface area contributed by atoms with E-state index in [0.29, 0.717) is 12.2 Å². The number of benzene rings is 1. The quantitative estimate of drug-likeness (QED) is 0.767. The maximum atomic E-state index is 10.6. The second kappa shape index (κ2) is 4.72. The Labute approximate surface area is 129 Å². The molecule has 118 valence electrons. The average molecular weight is 303 g/mol. The lowest BCUT2D eigenvalue weighted by atomic mass is 9.69. The average Bonchev–Trinajstić information content (AvgIpc) is 2.80. The summed E-state index contributed by atoms with van der Waals surface area (Å²) in [7, 11) is 3.55. The summed E-state index contributed by atoms with van der Waals surface area (Å²) in [6, 6.07) is 3.78. The predicted octanol–water partition coefficient (Wildman–Crippen LogP) is 1.34. The summed E-state index contributed by atoms with van der Waals surface area (Å²) in [4.78, 5) is 1.95. The molecule has 3 aliphatic rings. The number of rotatable bonds is 1. The lowest BCUT2D eigenvalue weighted by molar-refractivity contribution is 0.0184. The van der Waals surface area contributed by atoms with Gasteiger partial charge in [0.15, 0.2) is 11.5 Å². The third kappa shape index (κ3) is 1.70. The Morgan fingerprint density at radius 3 is 2.95 bits per heavy atom. The summed E-state index contributed by atoms with van der Waals surface area (Å²) in [5.74, 6) is 1.41. The van der Waals surface area contributed by atoms with Gasteiger partial charge < -0.3 is 19.7 Å². The zero-order valence-corrected chi connectivity index (χ0v) is 12.8. The monoisotopic (exact) mass is 303 g/mol. The second-order valence-electron chi connectivity index (χ2n) is 6.47. The van der Waals surface area contributed by atoms with Gasteiger partial charge in [-0.05, 0) is 19.5 Å². The van der Waals surface area contributed by atoms with Gasteiger partial charge in [0.05, 0.1) is 18.6 Å². The standard InChI is InChI=1S/C17H21NO4/c1-18-8-7-17-6-5-10(19)9-13(17)22-15-12(21-2)4-3-11(14(15)17)16(18)20/h3-6,10,13,16,19-20H,7-9H2,1-2H3/t10-,13-,16?,17-/m0/s1. The molecule has 0 amide bonds. The first-order valence-electron chi connectivity index (χ1n) is 7.70. The van der Waals surface area contributed by atoms with Crippen LogP contribution in [0.1, 0.15) is 30.2 Å². The van der Waals surface area contributed by atoms with Crippen LogP contribution in [0.5, 0.6) is 11.5 Å². The molecule has 0 bridgehead atoms. The predicted molar refractivity (Wildman–Crippen MR) is 81.1 cm³/mol. The molecule has 5 nitrogen and oxygen atoms in total. The maximum Gasteiger partial charge on any atom is 0.166 e. The molecule has 4 atom stereocenters. The van der Waals surface area contributed by atoms with Gasteiger partial charge in [-0.3, -0.25) is 4.90 Å². The normalized spacial score (nSPS) is 36.3. The first-order chi connectivity index (χ1) is 10.6. The Hall–Kier alpha value is -1.56. The van der Waals surface area contributed by atoms with Gasteiger partial charge in [0.25, 0.3) is 0 Å². The minimum absolute atomic E-state index is 0.115. The lowest BCUT2D eigenvalue weighted by Gasteiger charge is -2.35. The smallest absolute Gasteiger partial charge is 0.166 e. The maximum absolute atomic E-state index is 10.6. The van der Waals surface area contributed by atoms with Crippen molar-refractivity contribution in [3.05, 3.63) is 35.4 Å². The van der Waals surface area contributed by atoms with E-state index in [1.807, 2.05) is 30.2 Å². The molecule has 0 aromatic heterocycles. The van der Waals surface area contributed by atoms with Crippen LogP contribution in [-0.2, 0) is 5.41 Å². The Balaban J connectivity index is 1.98. The van der Waals surface area contributed by atoms with Crippen LogP contribution in [0.25, 0.3) is 0 Å². The second-order valence-corrected chi connectivity index (χ2v) is 6.47. The number of ether oxygens (including phenoxy) is 2. The van der Waals surface area contributed by atoms with Gasteiger partial charge in [0.2, 0.25) is 0 Å². The van der Waals surface area contributed by atoms with Crippen molar-refractivity contribution < 1.29 is 19.7 Å². The molecule has 2 N–H and O–H groups in total. The Morgan fingerprint density at radius 1 is 1.36 bits per heavy atom. The summed E-state index contributed by atoms with van der Waals surface area (Å²) in [5.41, 5.74) is 1.61. The van der Waals surface area contributed by atoms with Crippen molar-refractivity contribution in [1.82, 2.24) is 4.90 Å². The number of aliphatic hydroxyl groups excluding tert-OH is 2. The van der Waals surface area contributed by atoms with E-state index in [1.54, 1.807) is 7.11 Å². The van der Waals surface area contributed by atoms with Gasteiger partial charge in [-0.15, -0.1) is 0 Å². The minimum Gasteiger partial charge on any atom is -0.493 e. The van der Waals surface area contributed by atoms with Crippen molar-refractivity contribution in [2.45, 2.75) is 36.7 Å². The van der Waals surface area contributed by atoms with Crippen molar-refractivity contribution in [2.75, 3.05) is 20.7 Å². The SMILES string of the molecule is COc1ccc2c3c1O[C@H]1C[C@@H](O)C=C[C@@]31CCN(C)C2O. The molecular weight excluding hydrogens is 282 g/mol. The molecule has 22 heavy (non-hydrogen) atoms. The Bertz CT molecular complexity index is 644. The Morgan fingerprint density at radius 2 is 2.18 bits per heavy atom. The first kappa shape index (κ1) is 14.1. The third-order valence-electron chi connectivity index (χ3n) is 5.32. The molecule has 0 saturated carbocycles. The van der Waals surface area contributed by atoms with E-state index in [1.165, 1.54) is 0 Å². The van der Waals surface area contributed by atoms with Crippen LogP contribution in [0.4, 0.5) is 0 Å². The van der Waals surface area contributed by atoms with Gasteiger partial charge in [0.1, 0.15) is 12.3 Å². The van der Waals surface area contributed by atoms with E-state index < -0.39 is 12.3 Å². The summed E-state index contributed by atoms with van der Waals surface area (Å²) in [6.45, 7) is 0.762. The van der Waals surface area contributed by atoms with Crippen LogP contribution in [0.2, 0.25) is 0 Å². The molecule has 0 radical (unpaired) electrons. The van der Waals surface area contributed by atoms with Crippen molar-refractivity contribution in [3.8, 4) is 11.5 Å². The third-order valence-corrected chi connectivity index (χ3v) is 5.32. The molecule has 0 saturated heterocycles. The number of nitrogens with zero attached hydrogens (tertiary/aromatic N) is 1. The van der Waals surface area contributed by atoms with Crippen LogP contribution in [0.15, 0.2) is 24.3 Å². The number of hydrogen-bond acceptors (Lipinski definition) is 5. The number of aliphatic hydroxyl groups is 2. The van der Waals surface area contributed by atoms with Crippen LogP contribution in [0, 0.1) is 0 Å². The fourth-order valence-electron chi connectivity index (χ4n) is 4.08. The van der Waals surface area contributed by atoms with E-state index in [-0.39, 0.29) is 11.5 Å². The molecule has 0 fully saturated rings. The molecule has 1 aromatic carbocycles. The van der Waals surface area contributed by atoms with Crippen LogP contribution in [-0.4, -0.2) is 48.0 Å². The van der Waals surface area contributed by atoms with Crippen LogP contribution < -0.4 is 9.47 Å². The van der Waals surface area contributed by atoms with E-state index in [2.05, 4.69) is 6.08 Å². The molecule has 2 aliphatic heterocycles. The van der Waals surface area contributed by atoms with Crippen molar-refractivity contribution in [1.29, 1.82) is 0 Å². The Kier molecular flexibility index (Phi) is 3.01. The number of methoxy groups -OCH3 is 1. The molecule has 1 spiro atoms. The van der Waals surface area contributed by atoms with Crippen LogP contribution in [0.3, 0.4) is 0 Å². The number of hydrogen-bond donors (Lipinski definition) is 2. The topological polar surface area (TPSA) is 62.2 Å². The molecule has 2 heterocycles. The highest BCUT2D eigenvalue weighted by Gasteiger charge is 2.53. The fraction of sp³-hybridized carbons (Fsp3) is 0.529. The molecule has 5 heteroatoms. The molecule has 4 rings (SSSR count). The summed E-state index contributed by atoms with van der Waals surface area (Å²) < 4.78 is 11.6. The van der Waals surface area contributed by atoms with Gasteiger partial charge >= 0.3 is 0 Å². The van der Waals surface area contributed by atoms with Gasteiger partial charge in [-0.25, -0.2) is 0 Å². The summed E-state index contributed by atoms with van der Waals surface area (Å²) >= 11 is 0. The van der Waals surface area contributed by atoms with Crippen molar-refractivity contribution in [3.63, 3.8) is 0 Å². The van der Waals surface area contributed by atoms with E-state index in [4.69, 9.17) is 9.47 Å². The van der Waals surface area contributed by atoms with Crippen molar-refractivity contribution in [2.24, 2.45) is 0 Å². The van der Waals surface area contributed by atoms with Gasteiger partial charge in [-0.1, -0.05) is 18.2 Å². The molecule has 1 unspecified atom stereocenters. The first-order valence-corrected chi connectivity index (χ1v) is 7.70. The molecular formula is C17H21NO4. The largest absolute Gasteiger partial charge is 0.493 e. The zero-order valence-electron chi connectivity index (χ0n) is 12.8. The van der Waals surface area contributed by atoms with E-state index >= 15 is 0 Å². The van der Waals surface area contributed by atoms with E-state index in [9.17, 15) is 10.2 Å². The summed E-state index contributed by atoms with van der Waals surface area (Å²) in [5, 5.41) is 20.6. The van der Waals surface area contributed by atoms with E-state index in [0.717, 1.165) is 29.8 Å². The fourth-order valence-corrected chi connectivity index (χ4v) is 4.08. The van der Waals surface area contributed by atoms with Gasteiger partial charge in [-0.2, -0.15) is 0 Å². The van der Waals surface area contributed by atoms with Crippen molar-refractivity contribution >= 4 is 0 Å². The van der Waals surface area contributed by atoms with Crippen LogP contribution >= 0.6 is 0 Å². The highest BCUT2D eigenvalue weighted by molar-refractivity contribution is 5.61. The highest BCUT2D eigenvalue weighted by Crippen LogP contribution is 2.56. The van der Waals surface area contributed by atoms with Gasteiger partial charge in [0, 0.05) is 24.1 Å². The molecule has 1 aromatic rings. The zero-order chi connectivity index (χ0) is 15.5. The lowest BCUT2D eigenvalue weighted by Crippen LogP contribution is -2.42.